The summed E-state index contributed by atoms with van der Waals surface area (Å²) in [6.07, 6.45) is 6.07. The summed E-state index contributed by atoms with van der Waals surface area (Å²) in [6.45, 7) is 13.3. The maximum absolute atomic E-state index is 6.24. The molecule has 1 aliphatic heterocycles. The molecular weight excluding hydrogens is 291 g/mol. The molecule has 2 atom stereocenters. The summed E-state index contributed by atoms with van der Waals surface area (Å²) in [5.74, 6) is 1.12. The molecule has 0 spiro atoms. The molecule has 4 aliphatic rings. The Labute approximate surface area is 138 Å². The van der Waals surface area contributed by atoms with E-state index in [0.29, 0.717) is 17.3 Å². The molecule has 4 heteroatoms. The van der Waals surface area contributed by atoms with E-state index in [4.69, 9.17) is 9.31 Å². The lowest BCUT2D eigenvalue weighted by Gasteiger charge is -2.44. The molecule has 22 heavy (non-hydrogen) atoms. The highest BCUT2D eigenvalue weighted by Gasteiger charge is 2.53. The van der Waals surface area contributed by atoms with Crippen LogP contribution in [0.2, 0.25) is 0 Å². The molecule has 2 bridgehead atoms. The van der Waals surface area contributed by atoms with Gasteiger partial charge in [0.15, 0.2) is 0 Å². The first-order valence-electron chi connectivity index (χ1n) is 8.28. The highest BCUT2D eigenvalue weighted by Crippen LogP contribution is 2.56. The third kappa shape index (κ3) is 1.93. The SMILES string of the molecule is CC1(C)CC2C=CC1c1cc(B3OC(C)(C)C(C)(C)O3)sc12. The van der Waals surface area contributed by atoms with Crippen LogP contribution in [0.3, 0.4) is 0 Å². The second-order valence-electron chi connectivity index (χ2n) is 8.72. The van der Waals surface area contributed by atoms with Gasteiger partial charge < -0.3 is 9.31 Å². The summed E-state index contributed by atoms with van der Waals surface area (Å²) in [5.41, 5.74) is 1.34. The van der Waals surface area contributed by atoms with Gasteiger partial charge >= 0.3 is 7.12 Å². The van der Waals surface area contributed by atoms with E-state index in [2.05, 4.69) is 59.8 Å². The lowest BCUT2D eigenvalue weighted by atomic mass is 9.61. The zero-order chi connectivity index (χ0) is 15.9. The molecule has 2 heterocycles. The van der Waals surface area contributed by atoms with Crippen LogP contribution in [0.5, 0.6) is 0 Å². The predicted molar refractivity (Wildman–Crippen MR) is 93.1 cm³/mol. The van der Waals surface area contributed by atoms with Crippen molar-refractivity contribution in [3.8, 4) is 0 Å². The Morgan fingerprint density at radius 3 is 2.27 bits per heavy atom. The van der Waals surface area contributed by atoms with E-state index < -0.39 is 0 Å². The Kier molecular flexibility index (Phi) is 2.92. The van der Waals surface area contributed by atoms with Crippen LogP contribution < -0.4 is 4.78 Å². The monoisotopic (exact) mass is 316 g/mol. The number of hydrogen-bond donors (Lipinski definition) is 0. The van der Waals surface area contributed by atoms with Crippen LogP contribution in [0.15, 0.2) is 18.2 Å². The normalized spacial score (nSPS) is 33.3. The Morgan fingerprint density at radius 1 is 1.05 bits per heavy atom. The summed E-state index contributed by atoms with van der Waals surface area (Å²) in [5, 5.41) is 0. The third-order valence-electron chi connectivity index (χ3n) is 6.09. The topological polar surface area (TPSA) is 18.5 Å². The maximum atomic E-state index is 6.24. The fourth-order valence-corrected chi connectivity index (χ4v) is 5.27. The standard InChI is InChI=1S/C18H25BO2S/c1-16(2)10-11-7-8-13(16)12-9-14(22-15(11)12)19-20-17(3,4)18(5,6)21-19/h7-9,11,13H,10H2,1-6H3. The van der Waals surface area contributed by atoms with Gasteiger partial charge in [-0.25, -0.2) is 0 Å². The molecule has 1 fully saturated rings. The van der Waals surface area contributed by atoms with Gasteiger partial charge in [0, 0.05) is 21.5 Å². The summed E-state index contributed by atoms with van der Waals surface area (Å²) < 4.78 is 13.7. The second-order valence-corrected chi connectivity index (χ2v) is 9.83. The van der Waals surface area contributed by atoms with E-state index in [0.717, 1.165) is 0 Å². The molecule has 1 saturated heterocycles. The van der Waals surface area contributed by atoms with Crippen molar-refractivity contribution in [2.24, 2.45) is 5.41 Å². The minimum absolute atomic E-state index is 0.219. The van der Waals surface area contributed by atoms with Crippen molar-refractivity contribution < 1.29 is 9.31 Å². The zero-order valence-electron chi connectivity index (χ0n) is 14.4. The van der Waals surface area contributed by atoms with Crippen LogP contribution in [-0.2, 0) is 9.31 Å². The number of hydrogen-bond acceptors (Lipinski definition) is 3. The van der Waals surface area contributed by atoms with E-state index in [-0.39, 0.29) is 18.3 Å². The molecule has 0 saturated carbocycles. The molecule has 0 amide bonds. The maximum Gasteiger partial charge on any atom is 0.505 e. The minimum Gasteiger partial charge on any atom is -0.399 e. The molecule has 2 unspecified atom stereocenters. The average Bonchev–Trinajstić information content (AvgIpc) is 2.89. The third-order valence-corrected chi connectivity index (χ3v) is 7.40. The lowest BCUT2D eigenvalue weighted by Crippen LogP contribution is -2.41. The Balaban J connectivity index is 1.70. The molecule has 0 radical (unpaired) electrons. The van der Waals surface area contributed by atoms with Crippen LogP contribution in [-0.4, -0.2) is 18.3 Å². The largest absolute Gasteiger partial charge is 0.505 e. The molecule has 0 N–H and O–H groups in total. The van der Waals surface area contributed by atoms with Crippen molar-refractivity contribution in [1.29, 1.82) is 0 Å². The summed E-state index contributed by atoms with van der Waals surface area (Å²) >= 11 is 1.90. The molecule has 5 rings (SSSR count). The fraction of sp³-hybridized carbons (Fsp3) is 0.667. The number of thiophene rings is 1. The van der Waals surface area contributed by atoms with Crippen molar-refractivity contribution in [3.63, 3.8) is 0 Å². The first-order chi connectivity index (χ1) is 10.1. The van der Waals surface area contributed by atoms with Crippen molar-refractivity contribution in [2.75, 3.05) is 0 Å². The predicted octanol–water partition coefficient (Wildman–Crippen LogP) is 4.21. The quantitative estimate of drug-likeness (QED) is 0.571. The van der Waals surface area contributed by atoms with E-state index in [9.17, 15) is 0 Å². The van der Waals surface area contributed by atoms with Crippen molar-refractivity contribution in [1.82, 2.24) is 0 Å². The molecule has 0 aromatic carbocycles. The Bertz CT molecular complexity index is 640. The van der Waals surface area contributed by atoms with Crippen LogP contribution >= 0.6 is 11.3 Å². The second kappa shape index (κ2) is 4.28. The smallest absolute Gasteiger partial charge is 0.399 e. The van der Waals surface area contributed by atoms with Crippen molar-refractivity contribution >= 4 is 23.2 Å². The van der Waals surface area contributed by atoms with Crippen LogP contribution in [0.4, 0.5) is 0 Å². The van der Waals surface area contributed by atoms with Gasteiger partial charge in [-0.15, -0.1) is 11.3 Å². The Hall–Kier alpha value is -0.575. The molecule has 2 nitrogen and oxygen atoms in total. The van der Waals surface area contributed by atoms with Gasteiger partial charge in [-0.2, -0.15) is 0 Å². The first kappa shape index (κ1) is 15.0. The number of allylic oxidation sites excluding steroid dienone is 2. The van der Waals surface area contributed by atoms with Gasteiger partial charge in [0.25, 0.3) is 0 Å². The number of rotatable bonds is 1. The van der Waals surface area contributed by atoms with Gasteiger partial charge in [-0.3, -0.25) is 0 Å². The van der Waals surface area contributed by atoms with Crippen molar-refractivity contribution in [2.45, 2.75) is 71.0 Å². The summed E-state index contributed by atoms with van der Waals surface area (Å²) in [4.78, 5) is 1.54. The van der Waals surface area contributed by atoms with Crippen molar-refractivity contribution in [3.05, 3.63) is 28.7 Å². The summed E-state index contributed by atoms with van der Waals surface area (Å²) in [6, 6.07) is 2.35. The molecule has 3 aliphatic carbocycles. The highest BCUT2D eigenvalue weighted by atomic mass is 32.1. The summed E-state index contributed by atoms with van der Waals surface area (Å²) in [7, 11) is -0.219. The van der Waals surface area contributed by atoms with Gasteiger partial charge in [0.2, 0.25) is 0 Å². The fourth-order valence-electron chi connectivity index (χ4n) is 4.02. The van der Waals surface area contributed by atoms with Crippen LogP contribution in [0, 0.1) is 5.41 Å². The Morgan fingerprint density at radius 2 is 1.68 bits per heavy atom. The number of fused-ring (bicyclic) bond motifs is 1. The molecule has 118 valence electrons. The van der Waals surface area contributed by atoms with Crippen LogP contribution in [0.25, 0.3) is 0 Å². The van der Waals surface area contributed by atoms with E-state index in [1.807, 2.05) is 11.3 Å². The first-order valence-corrected chi connectivity index (χ1v) is 9.10. The van der Waals surface area contributed by atoms with E-state index in [1.54, 1.807) is 0 Å². The average molecular weight is 316 g/mol. The van der Waals surface area contributed by atoms with E-state index >= 15 is 0 Å². The lowest BCUT2D eigenvalue weighted by molar-refractivity contribution is 0.00578. The van der Waals surface area contributed by atoms with Crippen LogP contribution in [0.1, 0.15) is 70.2 Å². The zero-order valence-corrected chi connectivity index (χ0v) is 15.2. The molecule has 1 aromatic rings. The van der Waals surface area contributed by atoms with Gasteiger partial charge in [0.1, 0.15) is 0 Å². The molecule has 1 aromatic heterocycles. The van der Waals surface area contributed by atoms with Gasteiger partial charge in [0.05, 0.1) is 11.2 Å². The minimum atomic E-state index is -0.265. The van der Waals surface area contributed by atoms with E-state index in [1.165, 1.54) is 21.6 Å². The van der Waals surface area contributed by atoms with Gasteiger partial charge in [-0.1, -0.05) is 26.0 Å². The highest BCUT2D eigenvalue weighted by molar-refractivity contribution is 7.22. The van der Waals surface area contributed by atoms with Gasteiger partial charge in [-0.05, 0) is 51.2 Å². The molecular formula is C18H25BO2S.